The molecule has 1 fully saturated rings. The van der Waals surface area contributed by atoms with Crippen molar-refractivity contribution in [3.8, 4) is 5.82 Å². The minimum Gasteiger partial charge on any atom is -0.378 e. The first-order chi connectivity index (χ1) is 22.2. The Morgan fingerprint density at radius 1 is 0.957 bits per heavy atom. The highest BCUT2D eigenvalue weighted by atomic mass is 19.4. The Kier molecular flexibility index (Phi) is 10.7. The van der Waals surface area contributed by atoms with Crippen LogP contribution in [0.15, 0.2) is 79.1 Å². The van der Waals surface area contributed by atoms with E-state index in [4.69, 9.17) is 5.10 Å². The fourth-order valence-corrected chi connectivity index (χ4v) is 5.82. The summed E-state index contributed by atoms with van der Waals surface area (Å²) < 4.78 is 53.1. The lowest BCUT2D eigenvalue weighted by Crippen LogP contribution is -2.26. The highest BCUT2D eigenvalue weighted by Gasteiger charge is 2.32. The third-order valence-corrected chi connectivity index (χ3v) is 8.25. The normalized spacial score (nSPS) is 14.4. The van der Waals surface area contributed by atoms with Crippen LogP contribution in [0.5, 0.6) is 0 Å². The Morgan fingerprint density at radius 3 is 2.35 bits per heavy atom. The molecule has 1 aliphatic carbocycles. The Balaban J connectivity index is 1.43. The van der Waals surface area contributed by atoms with Crippen LogP contribution in [0.25, 0.3) is 5.82 Å². The summed E-state index contributed by atoms with van der Waals surface area (Å²) in [7, 11) is 0. The number of halogens is 4. The van der Waals surface area contributed by atoms with Crippen LogP contribution in [0.3, 0.4) is 0 Å². The van der Waals surface area contributed by atoms with Crippen LogP contribution in [0, 0.1) is 5.92 Å². The van der Waals surface area contributed by atoms with E-state index in [-0.39, 0.29) is 30.7 Å². The smallest absolute Gasteiger partial charge is 0.378 e. The van der Waals surface area contributed by atoms with E-state index >= 15 is 0 Å². The molecule has 0 radical (unpaired) electrons. The standard InChI is InChI=1S/C34H35F4N5O3/c35-34(36,37)26-14-18-30(40-21-26)43-22-28(29(42-43)17-11-23-7-3-1-4-8-23)32(24-9-5-2-6-10-24)41-27-15-12-25(13-16-27)33(45)39-20-19-31(44)46-38/h1,3-4,7-8,12-16,18,21-22,24,32,41H,2,5-6,9-11,17,19-20H2,(H,39,45). The average Bonchev–Trinajstić information content (AvgIpc) is 3.50. The number of alkyl halides is 3. The molecule has 0 bridgehead atoms. The van der Waals surface area contributed by atoms with Gasteiger partial charge in [-0.1, -0.05) is 49.6 Å². The van der Waals surface area contributed by atoms with Gasteiger partial charge in [0.15, 0.2) is 5.82 Å². The second-order valence-electron chi connectivity index (χ2n) is 11.4. The van der Waals surface area contributed by atoms with Crippen LogP contribution in [-0.4, -0.2) is 33.2 Å². The Labute approximate surface area is 264 Å². The summed E-state index contributed by atoms with van der Waals surface area (Å²) in [5.74, 6) is -0.900. The Morgan fingerprint density at radius 2 is 1.70 bits per heavy atom. The SMILES string of the molecule is O=C(CCNC(=O)c1ccc(NC(c2cn(-c3ccc(C(F)(F)F)cn3)nc2CCc2ccccc2)C2CCCCC2)cc1)OF. The number of carbonyl (C=O) groups excluding carboxylic acids is 2. The molecule has 4 aromatic rings. The van der Waals surface area contributed by atoms with Crippen LogP contribution in [-0.2, 0) is 28.8 Å². The van der Waals surface area contributed by atoms with E-state index in [0.717, 1.165) is 73.3 Å². The molecule has 46 heavy (non-hydrogen) atoms. The maximum absolute atomic E-state index is 13.2. The van der Waals surface area contributed by atoms with Crippen molar-refractivity contribution >= 4 is 17.6 Å². The molecule has 2 heterocycles. The molecule has 2 aromatic heterocycles. The number of aromatic nitrogens is 3. The summed E-state index contributed by atoms with van der Waals surface area (Å²) in [6, 6.07) is 19.1. The lowest BCUT2D eigenvalue weighted by molar-refractivity contribution is -0.183. The van der Waals surface area contributed by atoms with Gasteiger partial charge < -0.3 is 10.6 Å². The fourth-order valence-electron chi connectivity index (χ4n) is 5.82. The van der Waals surface area contributed by atoms with Gasteiger partial charge in [0.05, 0.1) is 23.7 Å². The lowest BCUT2D eigenvalue weighted by Gasteiger charge is -2.32. The van der Waals surface area contributed by atoms with E-state index in [9.17, 15) is 27.3 Å². The van der Waals surface area contributed by atoms with Crippen LogP contribution < -0.4 is 10.6 Å². The molecule has 8 nitrogen and oxygen atoms in total. The zero-order valence-electron chi connectivity index (χ0n) is 25.1. The number of amides is 1. The number of nitrogens with one attached hydrogen (secondary N) is 2. The molecule has 2 N–H and O–H groups in total. The van der Waals surface area contributed by atoms with Crippen molar-refractivity contribution in [2.75, 3.05) is 11.9 Å². The van der Waals surface area contributed by atoms with E-state index in [0.29, 0.717) is 12.0 Å². The van der Waals surface area contributed by atoms with E-state index in [1.54, 1.807) is 28.9 Å². The van der Waals surface area contributed by atoms with Gasteiger partial charge in [-0.2, -0.15) is 18.3 Å². The zero-order chi connectivity index (χ0) is 32.5. The first-order valence-electron chi connectivity index (χ1n) is 15.3. The van der Waals surface area contributed by atoms with Gasteiger partial charge in [0.2, 0.25) is 0 Å². The van der Waals surface area contributed by atoms with Crippen LogP contribution in [0.4, 0.5) is 23.4 Å². The molecule has 2 aromatic carbocycles. The molecule has 1 atom stereocenters. The second kappa shape index (κ2) is 15.0. The van der Waals surface area contributed by atoms with Gasteiger partial charge in [-0.25, -0.2) is 14.5 Å². The molecule has 1 saturated carbocycles. The predicted molar refractivity (Wildman–Crippen MR) is 164 cm³/mol. The number of anilines is 1. The van der Waals surface area contributed by atoms with Crippen LogP contribution in [0.1, 0.15) is 77.3 Å². The van der Waals surface area contributed by atoms with Gasteiger partial charge >= 0.3 is 12.1 Å². The minimum atomic E-state index is -4.49. The maximum atomic E-state index is 13.2. The van der Waals surface area contributed by atoms with Crippen molar-refractivity contribution in [2.45, 2.75) is 63.6 Å². The maximum Gasteiger partial charge on any atom is 0.417 e. The molecular formula is C34H35F4N5O3. The third-order valence-electron chi connectivity index (χ3n) is 8.25. The van der Waals surface area contributed by atoms with E-state index in [1.807, 2.05) is 24.4 Å². The highest BCUT2D eigenvalue weighted by Crippen LogP contribution is 2.39. The number of hydrogen-bond acceptors (Lipinski definition) is 6. The summed E-state index contributed by atoms with van der Waals surface area (Å²) >= 11 is 0. The van der Waals surface area contributed by atoms with Crippen molar-refractivity contribution in [3.05, 3.63) is 107 Å². The third kappa shape index (κ3) is 8.49. The topological polar surface area (TPSA) is 98.1 Å². The molecule has 12 heteroatoms. The number of hydrogen-bond donors (Lipinski definition) is 2. The molecular weight excluding hydrogens is 602 g/mol. The second-order valence-corrected chi connectivity index (χ2v) is 11.4. The molecule has 1 aliphatic rings. The highest BCUT2D eigenvalue weighted by molar-refractivity contribution is 5.94. The van der Waals surface area contributed by atoms with Crippen LogP contribution >= 0.6 is 0 Å². The van der Waals surface area contributed by atoms with E-state index in [2.05, 4.69) is 32.7 Å². The molecule has 0 spiro atoms. The van der Waals surface area contributed by atoms with Crippen molar-refractivity contribution in [3.63, 3.8) is 0 Å². The van der Waals surface area contributed by atoms with Crippen molar-refractivity contribution in [2.24, 2.45) is 5.92 Å². The number of benzene rings is 2. The zero-order valence-corrected chi connectivity index (χ0v) is 25.1. The number of carbonyl (C=O) groups is 2. The molecule has 0 aliphatic heterocycles. The first-order valence-corrected chi connectivity index (χ1v) is 15.3. The number of nitrogens with zero attached hydrogens (tertiary/aromatic N) is 3. The molecule has 1 amide bonds. The largest absolute Gasteiger partial charge is 0.417 e. The van der Waals surface area contributed by atoms with Gasteiger partial charge in [-0.05, 0) is 73.6 Å². The molecule has 5 rings (SSSR count). The summed E-state index contributed by atoms with van der Waals surface area (Å²) in [4.78, 5) is 30.7. The fraction of sp³-hybridized carbons (Fsp3) is 0.353. The van der Waals surface area contributed by atoms with Crippen molar-refractivity contribution < 1.29 is 32.2 Å². The Hall–Kier alpha value is -4.74. The summed E-state index contributed by atoms with van der Waals surface area (Å²) in [6.07, 6.45) is 4.60. The van der Waals surface area contributed by atoms with Gasteiger partial charge in [0.1, 0.15) is 0 Å². The number of rotatable bonds is 12. The number of pyridine rings is 1. The Bertz CT molecular complexity index is 1590. The first kappa shape index (κ1) is 32.6. The molecule has 242 valence electrons. The van der Waals surface area contributed by atoms with E-state index in [1.165, 1.54) is 6.07 Å². The monoisotopic (exact) mass is 637 g/mol. The molecule has 1 unspecified atom stereocenters. The molecule has 0 saturated heterocycles. The quantitative estimate of drug-likeness (QED) is 0.158. The van der Waals surface area contributed by atoms with Gasteiger partial charge in [0.25, 0.3) is 5.91 Å². The predicted octanol–water partition coefficient (Wildman–Crippen LogP) is 7.35. The summed E-state index contributed by atoms with van der Waals surface area (Å²) in [5, 5.41) is 11.1. The van der Waals surface area contributed by atoms with Crippen molar-refractivity contribution in [1.29, 1.82) is 0 Å². The minimum absolute atomic E-state index is 0.0606. The van der Waals surface area contributed by atoms with Gasteiger partial charge in [0, 0.05) is 40.3 Å². The van der Waals surface area contributed by atoms with Gasteiger partial charge in [-0.15, -0.1) is 0 Å². The van der Waals surface area contributed by atoms with Crippen LogP contribution in [0.2, 0.25) is 0 Å². The number of aryl methyl sites for hydroxylation is 2. The van der Waals surface area contributed by atoms with Gasteiger partial charge in [-0.3, -0.25) is 9.74 Å². The lowest BCUT2D eigenvalue weighted by atomic mass is 9.80. The summed E-state index contributed by atoms with van der Waals surface area (Å²) in [5.41, 5.74) is 3.26. The summed E-state index contributed by atoms with van der Waals surface area (Å²) in [6.45, 7) is -0.0606. The van der Waals surface area contributed by atoms with E-state index < -0.39 is 23.6 Å². The average molecular weight is 638 g/mol. The van der Waals surface area contributed by atoms with Crippen molar-refractivity contribution in [1.82, 2.24) is 20.1 Å².